The lowest BCUT2D eigenvalue weighted by molar-refractivity contribution is 0.0686. The topological polar surface area (TPSA) is 155 Å². The molecular formula is C14H28N5O5P. The molecule has 10 nitrogen and oxygen atoms in total. The number of nitrogens with zero attached hydrogens (tertiary/aromatic N) is 1. The maximum absolute atomic E-state index is 12.7. The second-order valence-corrected chi connectivity index (χ2v) is 8.02. The monoisotopic (exact) mass is 377 g/mol. The molecule has 0 radical (unpaired) electrons. The van der Waals surface area contributed by atoms with E-state index < -0.39 is 13.2 Å². The normalized spacial score (nSPS) is 13.4. The Balaban J connectivity index is 2.62. The van der Waals surface area contributed by atoms with Crippen LogP contribution in [0.1, 0.15) is 34.6 Å². The Hall–Kier alpha value is -1.61. The molecule has 0 unspecified atom stereocenters. The molecule has 0 saturated carbocycles. The molecule has 1 atom stereocenters. The van der Waals surface area contributed by atoms with Crippen molar-refractivity contribution in [2.24, 2.45) is 0 Å². The third-order valence-corrected chi connectivity index (χ3v) is 4.74. The molecule has 0 aliphatic carbocycles. The van der Waals surface area contributed by atoms with E-state index in [0.29, 0.717) is 0 Å². The molecule has 144 valence electrons. The molecule has 11 heteroatoms. The van der Waals surface area contributed by atoms with Crippen molar-refractivity contribution in [2.45, 2.75) is 52.9 Å². The van der Waals surface area contributed by atoms with Gasteiger partial charge in [-0.3, -0.25) is 14.3 Å². The second-order valence-electron chi connectivity index (χ2n) is 6.12. The second kappa shape index (κ2) is 9.19. The van der Waals surface area contributed by atoms with E-state index in [1.54, 1.807) is 34.6 Å². The third kappa shape index (κ3) is 7.43. The average Bonchev–Trinajstić information content (AvgIpc) is 2.45. The van der Waals surface area contributed by atoms with Crippen LogP contribution in [0.25, 0.3) is 0 Å². The van der Waals surface area contributed by atoms with Crippen molar-refractivity contribution in [3.05, 3.63) is 10.4 Å². The van der Waals surface area contributed by atoms with Gasteiger partial charge < -0.3 is 30.6 Å². The minimum Gasteiger partial charge on any atom is -0.391 e. The van der Waals surface area contributed by atoms with E-state index in [9.17, 15) is 9.36 Å². The SMILES string of the molecule is CC(C)OP(=O)(CO[C@@H](C)CNc1nc(N)[nH]c(=O)c1N)OC(C)C. The molecule has 0 amide bonds. The Morgan fingerprint density at radius 1 is 1.16 bits per heavy atom. The first-order valence-electron chi connectivity index (χ1n) is 7.99. The standard InChI is InChI=1S/C14H28N5O5P/c1-8(2)23-25(21,24-9(3)4)7-22-10(5)6-17-12-11(15)13(20)19-14(16)18-12/h8-10H,6-7,15H2,1-5H3,(H4,16,17,18,19,20)/t10-/m0/s1. The summed E-state index contributed by atoms with van der Waals surface area (Å²) in [5, 5.41) is 2.88. The van der Waals surface area contributed by atoms with Crippen LogP contribution in [-0.2, 0) is 18.3 Å². The summed E-state index contributed by atoms with van der Waals surface area (Å²) in [4.78, 5) is 17.7. The first-order valence-corrected chi connectivity index (χ1v) is 9.71. The molecule has 6 N–H and O–H groups in total. The van der Waals surface area contributed by atoms with Crippen LogP contribution in [-0.4, -0.2) is 41.2 Å². The highest BCUT2D eigenvalue weighted by Crippen LogP contribution is 2.50. The Kier molecular flexibility index (Phi) is 7.88. The largest absolute Gasteiger partial charge is 0.391 e. The summed E-state index contributed by atoms with van der Waals surface area (Å²) >= 11 is 0. The number of nitrogen functional groups attached to an aromatic ring is 2. The predicted molar refractivity (Wildman–Crippen MR) is 97.6 cm³/mol. The van der Waals surface area contributed by atoms with Gasteiger partial charge >= 0.3 is 7.60 Å². The highest BCUT2D eigenvalue weighted by Gasteiger charge is 2.29. The molecular weight excluding hydrogens is 349 g/mol. The molecule has 0 fully saturated rings. The van der Waals surface area contributed by atoms with Crippen LogP contribution in [0.2, 0.25) is 0 Å². The van der Waals surface area contributed by atoms with E-state index in [2.05, 4.69) is 15.3 Å². The molecule has 1 rings (SSSR count). The van der Waals surface area contributed by atoms with Gasteiger partial charge in [0.15, 0.2) is 5.82 Å². The quantitative estimate of drug-likeness (QED) is 0.446. The highest BCUT2D eigenvalue weighted by molar-refractivity contribution is 7.53. The molecule has 0 aliphatic heterocycles. The van der Waals surface area contributed by atoms with Crippen LogP contribution in [0.3, 0.4) is 0 Å². The molecule has 25 heavy (non-hydrogen) atoms. The molecule has 0 aromatic carbocycles. The van der Waals surface area contributed by atoms with Gasteiger partial charge in [0, 0.05) is 6.54 Å². The summed E-state index contributed by atoms with van der Waals surface area (Å²) in [6, 6.07) is 0. The summed E-state index contributed by atoms with van der Waals surface area (Å²) in [5.74, 6) is 0.118. The predicted octanol–water partition coefficient (Wildman–Crippen LogP) is 1.75. The van der Waals surface area contributed by atoms with E-state index in [-0.39, 0.29) is 48.7 Å². The molecule has 1 heterocycles. The lowest BCUT2D eigenvalue weighted by Crippen LogP contribution is -2.25. The average molecular weight is 377 g/mol. The lowest BCUT2D eigenvalue weighted by Gasteiger charge is -2.24. The number of nitrogens with one attached hydrogen (secondary N) is 2. The van der Waals surface area contributed by atoms with Gasteiger partial charge in [0.1, 0.15) is 12.0 Å². The van der Waals surface area contributed by atoms with Crippen LogP contribution in [0.5, 0.6) is 0 Å². The van der Waals surface area contributed by atoms with Gasteiger partial charge in [-0.15, -0.1) is 0 Å². The minimum atomic E-state index is -3.37. The number of aromatic nitrogens is 2. The van der Waals surface area contributed by atoms with Gasteiger partial charge in [-0.1, -0.05) is 0 Å². The van der Waals surface area contributed by atoms with E-state index in [1.165, 1.54) is 0 Å². The number of H-pyrrole nitrogens is 1. The lowest BCUT2D eigenvalue weighted by atomic mass is 10.4. The maximum atomic E-state index is 12.7. The summed E-state index contributed by atoms with van der Waals surface area (Å²) in [7, 11) is -3.37. The Morgan fingerprint density at radius 2 is 1.72 bits per heavy atom. The summed E-state index contributed by atoms with van der Waals surface area (Å²) in [6.07, 6.45) is -1.08. The fourth-order valence-corrected chi connectivity index (χ4v) is 3.77. The fraction of sp³-hybridized carbons (Fsp3) is 0.714. The van der Waals surface area contributed by atoms with Crippen molar-refractivity contribution in [3.63, 3.8) is 0 Å². The Morgan fingerprint density at radius 3 is 2.24 bits per heavy atom. The number of ether oxygens (including phenoxy) is 1. The van der Waals surface area contributed by atoms with Crippen molar-refractivity contribution in [3.8, 4) is 0 Å². The van der Waals surface area contributed by atoms with Gasteiger partial charge in [0.2, 0.25) is 5.95 Å². The third-order valence-electron chi connectivity index (χ3n) is 2.79. The zero-order valence-electron chi connectivity index (χ0n) is 15.2. The van der Waals surface area contributed by atoms with Crippen molar-refractivity contribution >= 4 is 25.0 Å². The molecule has 1 aromatic heterocycles. The summed E-state index contributed by atoms with van der Waals surface area (Å²) < 4.78 is 29.1. The van der Waals surface area contributed by atoms with E-state index in [1.807, 2.05) is 0 Å². The van der Waals surface area contributed by atoms with Gasteiger partial charge in [-0.25, -0.2) is 0 Å². The first-order chi connectivity index (χ1) is 11.5. The molecule has 1 aromatic rings. The van der Waals surface area contributed by atoms with E-state index >= 15 is 0 Å². The maximum Gasteiger partial charge on any atom is 0.356 e. The highest BCUT2D eigenvalue weighted by atomic mass is 31.2. The van der Waals surface area contributed by atoms with Crippen molar-refractivity contribution < 1.29 is 18.3 Å². The minimum absolute atomic E-state index is 0.0459. The van der Waals surface area contributed by atoms with Crippen LogP contribution < -0.4 is 22.3 Å². The van der Waals surface area contributed by atoms with Crippen molar-refractivity contribution in [1.82, 2.24) is 9.97 Å². The number of hydrogen-bond donors (Lipinski definition) is 4. The van der Waals surface area contributed by atoms with Crippen LogP contribution in [0.4, 0.5) is 17.5 Å². The van der Waals surface area contributed by atoms with Crippen LogP contribution in [0, 0.1) is 0 Å². The molecule has 0 saturated heterocycles. The summed E-state index contributed by atoms with van der Waals surface area (Å²) in [5.41, 5.74) is 10.5. The van der Waals surface area contributed by atoms with Crippen molar-refractivity contribution in [2.75, 3.05) is 29.7 Å². The van der Waals surface area contributed by atoms with Crippen LogP contribution >= 0.6 is 7.60 Å². The fourth-order valence-electron chi connectivity index (χ4n) is 1.88. The smallest absolute Gasteiger partial charge is 0.356 e. The molecule has 0 aliphatic rings. The number of nitrogens with two attached hydrogens (primary N) is 2. The Labute approximate surface area is 147 Å². The number of hydrogen-bond acceptors (Lipinski definition) is 9. The Bertz CT molecular complexity index is 650. The zero-order valence-corrected chi connectivity index (χ0v) is 16.1. The zero-order chi connectivity index (χ0) is 19.2. The number of anilines is 3. The van der Waals surface area contributed by atoms with Gasteiger partial charge in [0.05, 0.1) is 18.3 Å². The molecule has 0 bridgehead atoms. The molecule has 0 spiro atoms. The van der Waals surface area contributed by atoms with Gasteiger partial charge in [-0.05, 0) is 34.6 Å². The van der Waals surface area contributed by atoms with Gasteiger partial charge in [-0.2, -0.15) is 4.98 Å². The van der Waals surface area contributed by atoms with Gasteiger partial charge in [0.25, 0.3) is 5.56 Å². The first kappa shape index (κ1) is 21.4. The number of aromatic amines is 1. The van der Waals surface area contributed by atoms with E-state index in [4.69, 9.17) is 25.3 Å². The number of rotatable bonds is 10. The van der Waals surface area contributed by atoms with E-state index in [0.717, 1.165) is 0 Å². The summed E-state index contributed by atoms with van der Waals surface area (Å²) in [6.45, 7) is 9.11. The van der Waals surface area contributed by atoms with Crippen molar-refractivity contribution in [1.29, 1.82) is 0 Å². The van der Waals surface area contributed by atoms with Crippen LogP contribution in [0.15, 0.2) is 4.79 Å².